The number of rotatable bonds is 6. The number of hydrogen-bond acceptors (Lipinski definition) is 5. The van der Waals surface area contributed by atoms with Gasteiger partial charge in [-0.15, -0.1) is 12.4 Å². The fraction of sp³-hybridized carbons (Fsp3) is 0.316. The predicted molar refractivity (Wildman–Crippen MR) is 113 cm³/mol. The van der Waals surface area contributed by atoms with E-state index in [1.165, 1.54) is 4.31 Å². The second-order valence-corrected chi connectivity index (χ2v) is 8.37. The molecule has 3 N–H and O–H groups in total. The number of nitrogens with one attached hydrogen (secondary N) is 1. The third-order valence-electron chi connectivity index (χ3n) is 4.34. The normalized spacial score (nSPS) is 15.0. The Balaban J connectivity index is 0.00000280. The van der Waals surface area contributed by atoms with Gasteiger partial charge in [-0.2, -0.15) is 0 Å². The number of aryl methyl sites for hydroxylation is 1. The number of nitrogens with two attached hydrogens (primary N) is 1. The van der Waals surface area contributed by atoms with E-state index < -0.39 is 10.0 Å². The van der Waals surface area contributed by atoms with Crippen molar-refractivity contribution in [1.82, 2.24) is 0 Å². The fourth-order valence-corrected chi connectivity index (χ4v) is 4.55. The summed E-state index contributed by atoms with van der Waals surface area (Å²) < 4.78 is 30.9. The largest absolute Gasteiger partial charge is 0.492 e. The summed E-state index contributed by atoms with van der Waals surface area (Å²) in [6, 6.07) is 12.1. The summed E-state index contributed by atoms with van der Waals surface area (Å²) in [5, 5.41) is 2.84. The van der Waals surface area contributed by atoms with Crippen LogP contribution in [-0.4, -0.2) is 39.8 Å². The van der Waals surface area contributed by atoms with Gasteiger partial charge < -0.3 is 15.8 Å². The van der Waals surface area contributed by atoms with E-state index in [-0.39, 0.29) is 24.1 Å². The van der Waals surface area contributed by atoms with E-state index >= 15 is 0 Å². The first kappa shape index (κ1) is 22.0. The Morgan fingerprint density at radius 2 is 1.93 bits per heavy atom. The number of sulfonamides is 1. The summed E-state index contributed by atoms with van der Waals surface area (Å²) in [5.74, 6) is 0.601. The smallest absolute Gasteiger partial charge is 0.255 e. The van der Waals surface area contributed by atoms with E-state index in [1.807, 2.05) is 0 Å². The molecule has 0 atom stereocenters. The highest BCUT2D eigenvalue weighted by Crippen LogP contribution is 2.26. The van der Waals surface area contributed by atoms with Crippen molar-refractivity contribution in [3.63, 3.8) is 0 Å². The van der Waals surface area contributed by atoms with E-state index in [0.717, 1.165) is 5.56 Å². The molecule has 1 aliphatic heterocycles. The van der Waals surface area contributed by atoms with Crippen LogP contribution in [0.1, 0.15) is 22.3 Å². The lowest BCUT2D eigenvalue weighted by Gasteiger charge is -2.18. The van der Waals surface area contributed by atoms with Gasteiger partial charge in [0.2, 0.25) is 10.0 Å². The zero-order valence-corrected chi connectivity index (χ0v) is 17.2. The van der Waals surface area contributed by atoms with Crippen molar-refractivity contribution < 1.29 is 17.9 Å². The topological polar surface area (TPSA) is 102 Å². The van der Waals surface area contributed by atoms with E-state index in [0.29, 0.717) is 48.8 Å². The molecule has 0 bridgehead atoms. The molecular formula is C19H24ClN3O4S. The van der Waals surface area contributed by atoms with E-state index in [4.69, 9.17) is 10.5 Å². The van der Waals surface area contributed by atoms with Gasteiger partial charge in [-0.05, 0) is 61.4 Å². The third-order valence-corrected chi connectivity index (χ3v) is 6.21. The minimum Gasteiger partial charge on any atom is -0.492 e. The zero-order valence-electron chi connectivity index (χ0n) is 15.6. The molecule has 9 heteroatoms. The minimum atomic E-state index is -3.24. The quantitative estimate of drug-likeness (QED) is 0.740. The summed E-state index contributed by atoms with van der Waals surface area (Å²) >= 11 is 0. The summed E-state index contributed by atoms with van der Waals surface area (Å²) in [5.41, 5.74) is 7.86. The molecule has 2 aromatic carbocycles. The highest BCUT2D eigenvalue weighted by Gasteiger charge is 2.28. The Bertz CT molecular complexity index is 933. The zero-order chi connectivity index (χ0) is 19.4. The van der Waals surface area contributed by atoms with Gasteiger partial charge in [-0.25, -0.2) is 8.42 Å². The lowest BCUT2D eigenvalue weighted by molar-refractivity contribution is 0.102. The molecule has 1 aliphatic rings. The maximum atomic E-state index is 12.6. The van der Waals surface area contributed by atoms with Gasteiger partial charge in [0, 0.05) is 24.3 Å². The summed E-state index contributed by atoms with van der Waals surface area (Å²) in [6.45, 7) is 3.15. The molecule has 0 unspecified atom stereocenters. The van der Waals surface area contributed by atoms with Crippen molar-refractivity contribution in [2.24, 2.45) is 5.73 Å². The van der Waals surface area contributed by atoms with Crippen LogP contribution in [-0.2, 0) is 10.0 Å². The summed E-state index contributed by atoms with van der Waals surface area (Å²) in [4.78, 5) is 12.6. The number of halogens is 1. The van der Waals surface area contributed by atoms with Crippen molar-refractivity contribution in [2.75, 3.05) is 35.1 Å². The predicted octanol–water partition coefficient (Wildman–Crippen LogP) is 2.55. The molecule has 0 spiro atoms. The second kappa shape index (κ2) is 9.27. The lowest BCUT2D eigenvalue weighted by Crippen LogP contribution is -2.25. The molecule has 1 fully saturated rings. The number of benzene rings is 2. The van der Waals surface area contributed by atoms with Crippen LogP contribution in [0.2, 0.25) is 0 Å². The number of anilines is 2. The summed E-state index contributed by atoms with van der Waals surface area (Å²) in [7, 11) is -3.24. The molecule has 1 saturated heterocycles. The van der Waals surface area contributed by atoms with Gasteiger partial charge in [0.15, 0.2) is 0 Å². The third kappa shape index (κ3) is 4.95. The standard InChI is InChI=1S/C19H23N3O4S.ClH/c1-14-13-16(22-10-2-12-27(22,24)25)5-8-18(14)19(23)21-15-3-6-17(7-4-15)26-11-9-20;/h3-8,13H,2,9-12,20H2,1H3,(H,21,23);1H. The Hall–Kier alpha value is -2.29. The molecular weight excluding hydrogens is 402 g/mol. The van der Waals surface area contributed by atoms with Gasteiger partial charge in [0.25, 0.3) is 5.91 Å². The van der Waals surface area contributed by atoms with Crippen LogP contribution >= 0.6 is 12.4 Å². The first-order valence-corrected chi connectivity index (χ1v) is 10.4. The van der Waals surface area contributed by atoms with Gasteiger partial charge in [0.05, 0.1) is 11.4 Å². The average Bonchev–Trinajstić information content (AvgIpc) is 3.00. The number of nitrogens with zero attached hydrogens (tertiary/aromatic N) is 1. The van der Waals surface area contributed by atoms with Crippen molar-refractivity contribution in [1.29, 1.82) is 0 Å². The molecule has 0 radical (unpaired) electrons. The minimum absolute atomic E-state index is 0. The SMILES string of the molecule is Cc1cc(N2CCCS2(=O)=O)ccc1C(=O)Nc1ccc(OCCN)cc1.Cl. The molecule has 0 saturated carbocycles. The van der Waals surface area contributed by atoms with E-state index in [2.05, 4.69) is 5.32 Å². The number of ether oxygens (including phenoxy) is 1. The molecule has 1 amide bonds. The Morgan fingerprint density at radius 1 is 1.21 bits per heavy atom. The number of carbonyl (C=O) groups excluding carboxylic acids is 1. The Kier molecular flexibility index (Phi) is 7.29. The highest BCUT2D eigenvalue weighted by molar-refractivity contribution is 7.93. The molecule has 0 aromatic heterocycles. The van der Waals surface area contributed by atoms with Crippen LogP contribution in [0, 0.1) is 6.92 Å². The highest BCUT2D eigenvalue weighted by atomic mass is 35.5. The molecule has 7 nitrogen and oxygen atoms in total. The van der Waals surface area contributed by atoms with Gasteiger partial charge in [-0.1, -0.05) is 0 Å². The fourth-order valence-electron chi connectivity index (χ4n) is 3.00. The number of carbonyl (C=O) groups is 1. The lowest BCUT2D eigenvalue weighted by atomic mass is 10.1. The van der Waals surface area contributed by atoms with Crippen LogP contribution in [0.4, 0.5) is 11.4 Å². The number of amides is 1. The average molecular weight is 426 g/mol. The van der Waals surface area contributed by atoms with Crippen LogP contribution in [0.15, 0.2) is 42.5 Å². The summed E-state index contributed by atoms with van der Waals surface area (Å²) in [6.07, 6.45) is 0.620. The second-order valence-electron chi connectivity index (χ2n) is 6.36. The van der Waals surface area contributed by atoms with Crippen LogP contribution < -0.4 is 20.1 Å². The Labute approximate surface area is 171 Å². The molecule has 152 valence electrons. The van der Waals surface area contributed by atoms with Crippen LogP contribution in [0.3, 0.4) is 0 Å². The maximum absolute atomic E-state index is 12.6. The van der Waals surface area contributed by atoms with Gasteiger partial charge >= 0.3 is 0 Å². The monoisotopic (exact) mass is 425 g/mol. The van der Waals surface area contributed by atoms with Crippen LogP contribution in [0.25, 0.3) is 0 Å². The van der Waals surface area contributed by atoms with Crippen molar-refractivity contribution >= 4 is 39.7 Å². The van der Waals surface area contributed by atoms with Gasteiger partial charge in [0.1, 0.15) is 12.4 Å². The molecule has 1 heterocycles. The Morgan fingerprint density at radius 3 is 2.50 bits per heavy atom. The van der Waals surface area contributed by atoms with Crippen molar-refractivity contribution in [3.05, 3.63) is 53.6 Å². The first-order chi connectivity index (χ1) is 12.9. The number of hydrogen-bond donors (Lipinski definition) is 2. The van der Waals surface area contributed by atoms with Gasteiger partial charge in [-0.3, -0.25) is 9.10 Å². The first-order valence-electron chi connectivity index (χ1n) is 8.76. The molecule has 28 heavy (non-hydrogen) atoms. The molecule has 3 rings (SSSR count). The molecule has 2 aromatic rings. The van der Waals surface area contributed by atoms with Crippen LogP contribution in [0.5, 0.6) is 5.75 Å². The van der Waals surface area contributed by atoms with Crippen molar-refractivity contribution in [3.8, 4) is 5.75 Å². The molecule has 0 aliphatic carbocycles. The van der Waals surface area contributed by atoms with Crippen molar-refractivity contribution in [2.45, 2.75) is 13.3 Å². The van der Waals surface area contributed by atoms with E-state index in [1.54, 1.807) is 49.4 Å². The van der Waals surface area contributed by atoms with E-state index in [9.17, 15) is 13.2 Å². The maximum Gasteiger partial charge on any atom is 0.255 e.